The van der Waals surface area contributed by atoms with Crippen molar-refractivity contribution in [1.82, 2.24) is 24.9 Å². The van der Waals surface area contributed by atoms with Crippen LogP contribution in [0.4, 0.5) is 0 Å². The molecule has 0 radical (unpaired) electrons. The van der Waals surface area contributed by atoms with E-state index in [1.807, 2.05) is 37.6 Å². The topological polar surface area (TPSA) is 73.1 Å². The lowest BCUT2D eigenvalue weighted by molar-refractivity contribution is -0.120. The van der Waals surface area contributed by atoms with Crippen molar-refractivity contribution in [2.75, 3.05) is 26.7 Å². The second kappa shape index (κ2) is 8.16. The summed E-state index contributed by atoms with van der Waals surface area (Å²) in [6.45, 7) is 2.27. The normalized spacial score (nSPS) is 15.9. The van der Waals surface area contributed by atoms with Gasteiger partial charge >= 0.3 is 0 Å². The number of aromatic nitrogens is 4. The number of likely N-dealkylation sites (tertiary alicyclic amines) is 1. The number of Topliss-reactive ketones (excluding diaryl/α,β-unsaturated/α-hetero) is 1. The van der Waals surface area contributed by atoms with Crippen LogP contribution in [0, 0.1) is 0 Å². The summed E-state index contributed by atoms with van der Waals surface area (Å²) < 4.78 is 7.17. The number of aryl methyl sites for hydroxylation is 1. The Morgan fingerprint density at radius 2 is 2.00 bits per heavy atom. The van der Waals surface area contributed by atoms with Crippen LogP contribution in [0.1, 0.15) is 18.5 Å². The first-order chi connectivity index (χ1) is 13.6. The van der Waals surface area contributed by atoms with Crippen LogP contribution < -0.4 is 0 Å². The highest BCUT2D eigenvalue weighted by Gasteiger charge is 2.20. The highest BCUT2D eigenvalue weighted by molar-refractivity contribution is 5.86. The van der Waals surface area contributed by atoms with Gasteiger partial charge in [0.1, 0.15) is 0 Å². The molecule has 7 nitrogen and oxygen atoms in total. The minimum absolute atomic E-state index is 0.174. The van der Waals surface area contributed by atoms with Crippen LogP contribution in [-0.4, -0.2) is 63.5 Å². The Hall–Kier alpha value is -2.64. The molecular weight excluding hydrogens is 354 g/mol. The van der Waals surface area contributed by atoms with E-state index in [9.17, 15) is 4.79 Å². The van der Waals surface area contributed by atoms with Crippen molar-refractivity contribution in [2.45, 2.75) is 25.4 Å². The Morgan fingerprint density at radius 3 is 2.71 bits per heavy atom. The summed E-state index contributed by atoms with van der Waals surface area (Å²) in [6.07, 6.45) is 6.42. The van der Waals surface area contributed by atoms with E-state index in [4.69, 9.17) is 4.74 Å². The Kier molecular flexibility index (Phi) is 5.45. The molecule has 1 aliphatic rings. The summed E-state index contributed by atoms with van der Waals surface area (Å²) in [7, 11) is 3.65. The number of fused-ring (bicyclic) bond motifs is 1. The molecular formula is C21H25N5O2. The van der Waals surface area contributed by atoms with E-state index in [1.54, 1.807) is 11.8 Å². The van der Waals surface area contributed by atoms with Gasteiger partial charge in [0.05, 0.1) is 36.5 Å². The molecule has 3 heterocycles. The van der Waals surface area contributed by atoms with Gasteiger partial charge in [-0.3, -0.25) is 14.4 Å². The van der Waals surface area contributed by atoms with E-state index in [2.05, 4.69) is 26.3 Å². The van der Waals surface area contributed by atoms with Crippen molar-refractivity contribution in [3.8, 4) is 11.1 Å². The molecule has 0 spiro atoms. The van der Waals surface area contributed by atoms with Gasteiger partial charge in [0.15, 0.2) is 5.78 Å². The number of carbonyl (C=O) groups is 1. The quantitative estimate of drug-likeness (QED) is 0.654. The summed E-state index contributed by atoms with van der Waals surface area (Å²) in [5.41, 5.74) is 3.67. The molecule has 0 aliphatic carbocycles. The Balaban J connectivity index is 1.44. The maximum Gasteiger partial charge on any atom is 0.152 e. The number of benzene rings is 1. The number of carbonyl (C=O) groups excluding carboxylic acids is 1. The number of nitrogens with zero attached hydrogens (tertiary/aromatic N) is 5. The molecule has 1 fully saturated rings. The average Bonchev–Trinajstić information content (AvgIpc) is 3.14. The minimum Gasteiger partial charge on any atom is -0.381 e. The highest BCUT2D eigenvalue weighted by Crippen LogP contribution is 2.23. The Bertz CT molecular complexity index is 976. The first kappa shape index (κ1) is 18.7. The molecule has 0 amide bonds. The van der Waals surface area contributed by atoms with Crippen molar-refractivity contribution in [3.63, 3.8) is 0 Å². The second-order valence-electron chi connectivity index (χ2n) is 7.44. The van der Waals surface area contributed by atoms with Gasteiger partial charge in [-0.15, -0.1) is 0 Å². The van der Waals surface area contributed by atoms with E-state index in [0.29, 0.717) is 24.8 Å². The number of ether oxygens (including phenoxy) is 1. The van der Waals surface area contributed by atoms with Crippen LogP contribution >= 0.6 is 0 Å². The van der Waals surface area contributed by atoms with Gasteiger partial charge in [0.25, 0.3) is 0 Å². The first-order valence-electron chi connectivity index (χ1n) is 9.63. The number of methoxy groups -OCH3 is 1. The number of rotatable bonds is 6. The predicted octanol–water partition coefficient (Wildman–Crippen LogP) is 2.25. The van der Waals surface area contributed by atoms with Crippen molar-refractivity contribution in [1.29, 1.82) is 0 Å². The van der Waals surface area contributed by atoms with Gasteiger partial charge in [-0.1, -0.05) is 6.07 Å². The molecule has 2 aromatic heterocycles. The largest absolute Gasteiger partial charge is 0.381 e. The molecule has 4 rings (SSSR count). The number of piperidine rings is 1. The lowest BCUT2D eigenvalue weighted by Crippen LogP contribution is -2.40. The van der Waals surface area contributed by atoms with Gasteiger partial charge in [-0.05, 0) is 36.6 Å². The third kappa shape index (κ3) is 4.26. The summed E-state index contributed by atoms with van der Waals surface area (Å²) in [5, 5.41) is 13.7. The fourth-order valence-electron chi connectivity index (χ4n) is 3.73. The summed E-state index contributed by atoms with van der Waals surface area (Å²) in [6, 6.07) is 8.01. The molecule has 1 saturated heterocycles. The van der Waals surface area contributed by atoms with Gasteiger partial charge < -0.3 is 4.74 Å². The molecule has 146 valence electrons. The monoisotopic (exact) mass is 379 g/mol. The zero-order valence-electron chi connectivity index (χ0n) is 16.3. The van der Waals surface area contributed by atoms with E-state index < -0.39 is 0 Å². The molecule has 3 aromatic rings. The molecule has 0 N–H and O–H groups in total. The molecule has 0 bridgehead atoms. The van der Waals surface area contributed by atoms with Gasteiger partial charge in [0, 0.05) is 44.4 Å². The van der Waals surface area contributed by atoms with E-state index in [0.717, 1.165) is 48.0 Å². The predicted molar refractivity (Wildman–Crippen MR) is 107 cm³/mol. The fourth-order valence-corrected chi connectivity index (χ4v) is 3.73. The zero-order chi connectivity index (χ0) is 19.5. The maximum atomic E-state index is 12.5. The number of hydrogen-bond acceptors (Lipinski definition) is 6. The standard InChI is InChI=1S/C21H25N5O2/c1-25-13-17(12-22-25)15-3-4-21-16(9-15)10-18(23-24-21)11-19(27)14-26-7-5-20(28-2)6-8-26/h3-4,9-10,12-13,20H,5-8,11,14H2,1-2H3. The van der Waals surface area contributed by atoms with Gasteiger partial charge in [0.2, 0.25) is 0 Å². The van der Waals surface area contributed by atoms with Crippen LogP contribution in [0.2, 0.25) is 0 Å². The fraction of sp³-hybridized carbons (Fsp3) is 0.429. The van der Waals surface area contributed by atoms with Crippen molar-refractivity contribution in [2.24, 2.45) is 7.05 Å². The van der Waals surface area contributed by atoms with Crippen molar-refractivity contribution in [3.05, 3.63) is 42.4 Å². The smallest absolute Gasteiger partial charge is 0.152 e. The Labute approximate surface area is 164 Å². The van der Waals surface area contributed by atoms with Gasteiger partial charge in [-0.2, -0.15) is 15.3 Å². The zero-order valence-corrected chi connectivity index (χ0v) is 16.3. The van der Waals surface area contributed by atoms with Crippen LogP contribution in [-0.2, 0) is 23.0 Å². The lowest BCUT2D eigenvalue weighted by Gasteiger charge is -2.30. The average molecular weight is 379 g/mol. The highest BCUT2D eigenvalue weighted by atomic mass is 16.5. The van der Waals surface area contributed by atoms with Gasteiger partial charge in [-0.25, -0.2) is 0 Å². The molecule has 0 unspecified atom stereocenters. The van der Waals surface area contributed by atoms with Crippen molar-refractivity contribution < 1.29 is 9.53 Å². The second-order valence-corrected chi connectivity index (χ2v) is 7.44. The molecule has 28 heavy (non-hydrogen) atoms. The number of ketones is 1. The van der Waals surface area contributed by atoms with Crippen LogP contribution in [0.25, 0.3) is 22.0 Å². The molecule has 7 heteroatoms. The number of hydrogen-bond donors (Lipinski definition) is 0. The van der Waals surface area contributed by atoms with E-state index in [1.165, 1.54) is 0 Å². The van der Waals surface area contributed by atoms with Crippen LogP contribution in [0.15, 0.2) is 36.7 Å². The van der Waals surface area contributed by atoms with E-state index >= 15 is 0 Å². The summed E-state index contributed by atoms with van der Waals surface area (Å²) in [4.78, 5) is 14.7. The molecule has 1 aliphatic heterocycles. The molecule has 0 atom stereocenters. The summed E-state index contributed by atoms with van der Waals surface area (Å²) in [5.74, 6) is 0.174. The minimum atomic E-state index is 0.174. The van der Waals surface area contributed by atoms with E-state index in [-0.39, 0.29) is 5.78 Å². The van der Waals surface area contributed by atoms with Crippen molar-refractivity contribution >= 4 is 16.7 Å². The van der Waals surface area contributed by atoms with Crippen LogP contribution in [0.5, 0.6) is 0 Å². The Morgan fingerprint density at radius 1 is 1.18 bits per heavy atom. The third-order valence-corrected chi connectivity index (χ3v) is 5.32. The van der Waals surface area contributed by atoms with Crippen LogP contribution in [0.3, 0.4) is 0 Å². The SMILES string of the molecule is COC1CCN(CC(=O)Cc2cc3cc(-c4cnn(C)c4)ccc3nn2)CC1. The molecule has 0 saturated carbocycles. The lowest BCUT2D eigenvalue weighted by atomic mass is 10.0. The maximum absolute atomic E-state index is 12.5. The third-order valence-electron chi connectivity index (χ3n) is 5.32. The first-order valence-corrected chi connectivity index (χ1v) is 9.63. The summed E-state index contributed by atoms with van der Waals surface area (Å²) >= 11 is 0. The molecule has 1 aromatic carbocycles.